The second-order valence-corrected chi connectivity index (χ2v) is 8.96. The van der Waals surface area contributed by atoms with Crippen molar-refractivity contribution in [2.75, 3.05) is 0 Å². The van der Waals surface area contributed by atoms with Crippen LogP contribution in [0.3, 0.4) is 0 Å². The Labute approximate surface area is 205 Å². The zero-order valence-corrected chi connectivity index (χ0v) is 18.9. The first-order valence-electron chi connectivity index (χ1n) is 9.20. The van der Waals surface area contributed by atoms with E-state index in [9.17, 15) is 52.7 Å². The van der Waals surface area contributed by atoms with Crippen LogP contribution < -0.4 is 10.3 Å². The number of carbonyl (C=O) groups is 1. The summed E-state index contributed by atoms with van der Waals surface area (Å²) >= 11 is 5.80. The molecule has 2 N–H and O–H groups in total. The molecule has 37 heavy (non-hydrogen) atoms. The fourth-order valence-corrected chi connectivity index (χ4v) is 3.96. The smallest absolute Gasteiger partial charge is 0.289 e. The molecular weight excluding hydrogens is 573 g/mol. The Balaban J connectivity index is 1.90. The first-order chi connectivity index (χ1) is 16.8. The van der Waals surface area contributed by atoms with Gasteiger partial charge in [0.15, 0.2) is 10.8 Å². The highest BCUT2D eigenvalue weighted by molar-refractivity contribution is 7.89. The first kappa shape index (κ1) is 28.2. The molecule has 0 radical (unpaired) electrons. The van der Waals surface area contributed by atoms with Crippen molar-refractivity contribution in [1.29, 1.82) is 0 Å². The summed E-state index contributed by atoms with van der Waals surface area (Å²) < 4.78 is 142. The number of aromatic nitrogens is 3. The van der Waals surface area contributed by atoms with Crippen LogP contribution in [0.15, 0.2) is 47.8 Å². The number of alkyl halides is 9. The molecule has 19 heteroatoms. The van der Waals surface area contributed by atoms with Gasteiger partial charge >= 0.3 is 18.5 Å². The molecule has 0 fully saturated rings. The van der Waals surface area contributed by atoms with Crippen molar-refractivity contribution >= 4 is 27.5 Å². The van der Waals surface area contributed by atoms with Gasteiger partial charge in [0.05, 0.1) is 16.1 Å². The second kappa shape index (κ2) is 9.49. The van der Waals surface area contributed by atoms with Gasteiger partial charge in [-0.3, -0.25) is 14.8 Å². The molecule has 0 saturated carbocycles. The Bertz CT molecular complexity index is 1420. The molecule has 3 rings (SSSR count). The number of nitrogens with zero attached hydrogens (tertiary/aromatic N) is 3. The highest BCUT2D eigenvalue weighted by atomic mass is 35.5. The number of hydrogen-bond donors (Lipinski definition) is 2. The summed E-state index contributed by atoms with van der Waals surface area (Å²) in [6, 6.07) is 2.07. The Morgan fingerprint density at radius 1 is 0.919 bits per heavy atom. The number of halogens is 10. The average molecular weight is 582 g/mol. The topological polar surface area (TPSA) is 106 Å². The Kier molecular flexibility index (Phi) is 7.23. The quantitative estimate of drug-likeness (QED) is 0.338. The standard InChI is InChI=1S/C18H9ClF9N5O3S/c19-10-4-9(17(23,24)25)7-29-14(10)33-3-1-2-13(33)37(35,36)32-31-15(34)11-5-8(16(20,21)22)6-12(30-11)18(26,27)28/h1-7,32H,(H,31,34). The maximum absolute atomic E-state index is 13.0. The lowest BCUT2D eigenvalue weighted by Gasteiger charge is -2.15. The van der Waals surface area contributed by atoms with Crippen molar-refractivity contribution in [2.24, 2.45) is 0 Å². The number of hydrogen-bond acceptors (Lipinski definition) is 5. The summed E-state index contributed by atoms with van der Waals surface area (Å²) in [4.78, 5) is 19.9. The summed E-state index contributed by atoms with van der Waals surface area (Å²) in [6.45, 7) is 0. The molecule has 0 bridgehead atoms. The van der Waals surface area contributed by atoms with Crippen molar-refractivity contribution in [3.05, 3.63) is 70.3 Å². The van der Waals surface area contributed by atoms with Crippen LogP contribution in [0.25, 0.3) is 5.82 Å². The van der Waals surface area contributed by atoms with Gasteiger partial charge in [0.1, 0.15) is 11.4 Å². The molecule has 3 aromatic rings. The van der Waals surface area contributed by atoms with Crippen molar-refractivity contribution in [2.45, 2.75) is 23.6 Å². The van der Waals surface area contributed by atoms with Crippen LogP contribution >= 0.6 is 11.6 Å². The average Bonchev–Trinajstić information content (AvgIpc) is 3.26. The van der Waals surface area contributed by atoms with Gasteiger partial charge in [-0.05, 0) is 30.3 Å². The van der Waals surface area contributed by atoms with E-state index in [1.807, 2.05) is 0 Å². The van der Waals surface area contributed by atoms with Crippen LogP contribution in [-0.2, 0) is 28.6 Å². The van der Waals surface area contributed by atoms with Crippen LogP contribution in [-0.4, -0.2) is 28.9 Å². The SMILES string of the molecule is O=C(NNS(=O)(=O)c1cccn1-c1ncc(C(F)(F)F)cc1Cl)c1cc(C(F)(F)F)cc(C(F)(F)F)n1. The van der Waals surface area contributed by atoms with Gasteiger partial charge < -0.3 is 0 Å². The van der Waals surface area contributed by atoms with Crippen LogP contribution in [0.5, 0.6) is 0 Å². The van der Waals surface area contributed by atoms with Gasteiger partial charge in [0.2, 0.25) is 0 Å². The molecule has 0 spiro atoms. The largest absolute Gasteiger partial charge is 0.433 e. The fourth-order valence-electron chi connectivity index (χ4n) is 2.71. The monoisotopic (exact) mass is 581 g/mol. The molecule has 3 heterocycles. The summed E-state index contributed by atoms with van der Waals surface area (Å²) in [6.07, 6.45) is -14.1. The molecule has 3 aromatic heterocycles. The summed E-state index contributed by atoms with van der Waals surface area (Å²) in [5.41, 5.74) is -5.18. The Morgan fingerprint density at radius 3 is 2.08 bits per heavy atom. The van der Waals surface area contributed by atoms with Crippen molar-refractivity contribution in [1.82, 2.24) is 24.8 Å². The molecule has 0 aliphatic carbocycles. The van der Waals surface area contributed by atoms with E-state index in [-0.39, 0.29) is 12.1 Å². The highest BCUT2D eigenvalue weighted by Crippen LogP contribution is 2.35. The van der Waals surface area contributed by atoms with E-state index >= 15 is 0 Å². The van der Waals surface area contributed by atoms with Crippen LogP contribution in [0.2, 0.25) is 5.02 Å². The molecule has 0 aliphatic heterocycles. The maximum Gasteiger partial charge on any atom is 0.433 e. The minimum atomic E-state index is -5.37. The summed E-state index contributed by atoms with van der Waals surface area (Å²) in [5, 5.41) is -1.39. The second-order valence-electron chi connectivity index (χ2n) is 6.93. The molecule has 0 unspecified atom stereocenters. The van der Waals surface area contributed by atoms with E-state index in [4.69, 9.17) is 11.6 Å². The third-order valence-electron chi connectivity index (χ3n) is 4.34. The fraction of sp³-hybridized carbons (Fsp3) is 0.167. The lowest BCUT2D eigenvalue weighted by molar-refractivity contribution is -0.145. The van der Waals surface area contributed by atoms with Gasteiger partial charge in [-0.2, -0.15) is 39.5 Å². The summed E-state index contributed by atoms with van der Waals surface area (Å²) in [5.74, 6) is -2.27. The number of hydrazine groups is 1. The van der Waals surface area contributed by atoms with E-state index < -0.39 is 72.8 Å². The van der Waals surface area contributed by atoms with Crippen LogP contribution in [0.4, 0.5) is 39.5 Å². The van der Waals surface area contributed by atoms with Crippen molar-refractivity contribution in [3.63, 3.8) is 0 Å². The number of rotatable bonds is 5. The molecule has 0 aliphatic rings. The number of carbonyl (C=O) groups excluding carboxylic acids is 1. The molecule has 0 saturated heterocycles. The van der Waals surface area contributed by atoms with E-state index in [1.54, 1.807) is 0 Å². The third kappa shape index (κ3) is 6.31. The van der Waals surface area contributed by atoms with Gasteiger partial charge in [-0.25, -0.2) is 18.4 Å². The predicted octanol–water partition coefficient (Wildman–Crippen LogP) is 4.60. The van der Waals surface area contributed by atoms with E-state index in [0.29, 0.717) is 16.8 Å². The molecule has 200 valence electrons. The van der Waals surface area contributed by atoms with Crippen LogP contribution in [0.1, 0.15) is 27.3 Å². The van der Waals surface area contributed by atoms with Crippen LogP contribution in [0, 0.1) is 0 Å². The number of amides is 1. The van der Waals surface area contributed by atoms with E-state index in [2.05, 4.69) is 9.97 Å². The zero-order chi connectivity index (χ0) is 28.0. The molecule has 1 amide bonds. The molecule has 0 atom stereocenters. The lowest BCUT2D eigenvalue weighted by atomic mass is 10.1. The van der Waals surface area contributed by atoms with Gasteiger partial charge in [-0.1, -0.05) is 11.6 Å². The van der Waals surface area contributed by atoms with Crippen molar-refractivity contribution < 1.29 is 52.7 Å². The minimum absolute atomic E-state index is 0.0343. The van der Waals surface area contributed by atoms with E-state index in [0.717, 1.165) is 18.3 Å². The number of nitrogens with one attached hydrogen (secondary N) is 2. The van der Waals surface area contributed by atoms with E-state index in [1.165, 1.54) is 10.3 Å². The zero-order valence-electron chi connectivity index (χ0n) is 17.3. The Morgan fingerprint density at radius 2 is 1.54 bits per heavy atom. The summed E-state index contributed by atoms with van der Waals surface area (Å²) in [7, 11) is -4.84. The predicted molar refractivity (Wildman–Crippen MR) is 106 cm³/mol. The lowest BCUT2D eigenvalue weighted by Crippen LogP contribution is -2.42. The van der Waals surface area contributed by atoms with Gasteiger partial charge in [0.25, 0.3) is 15.9 Å². The third-order valence-corrected chi connectivity index (χ3v) is 5.87. The minimum Gasteiger partial charge on any atom is -0.289 e. The van der Waals surface area contributed by atoms with Gasteiger partial charge in [0, 0.05) is 12.4 Å². The Hall–Kier alpha value is -3.38. The highest BCUT2D eigenvalue weighted by Gasteiger charge is 2.39. The molecule has 8 nitrogen and oxygen atoms in total. The normalized spacial score (nSPS) is 13.0. The van der Waals surface area contributed by atoms with Gasteiger partial charge in [-0.15, -0.1) is 4.83 Å². The first-order valence-corrected chi connectivity index (χ1v) is 11.1. The molecular formula is C18H9ClF9N5O3S. The number of pyridine rings is 2. The van der Waals surface area contributed by atoms with Crippen molar-refractivity contribution in [3.8, 4) is 5.82 Å². The maximum atomic E-state index is 13.0. The molecule has 0 aromatic carbocycles. The number of sulfonamides is 1.